The van der Waals surface area contributed by atoms with Crippen molar-refractivity contribution >= 4 is 21.8 Å². The van der Waals surface area contributed by atoms with E-state index in [1.807, 2.05) is 13.8 Å². The molecule has 1 atom stereocenters. The fourth-order valence-corrected chi connectivity index (χ4v) is 2.31. The number of aliphatic hydroxyl groups excluding tert-OH is 1. The van der Waals surface area contributed by atoms with E-state index in [4.69, 9.17) is 9.84 Å². The molecular weight excluding hydrogens is 310 g/mol. The van der Waals surface area contributed by atoms with Crippen LogP contribution >= 0.6 is 15.9 Å². The molecule has 1 aromatic carbocycles. The predicted molar refractivity (Wildman–Crippen MR) is 78.5 cm³/mol. The van der Waals surface area contributed by atoms with E-state index in [0.717, 1.165) is 4.47 Å². The molecule has 0 aromatic heterocycles. The summed E-state index contributed by atoms with van der Waals surface area (Å²) in [6.45, 7) is 4.10. The number of methoxy groups -OCH3 is 1. The van der Waals surface area contributed by atoms with E-state index < -0.39 is 0 Å². The smallest absolute Gasteiger partial charge is 0.251 e. The summed E-state index contributed by atoms with van der Waals surface area (Å²) in [5.41, 5.74) is 0.566. The zero-order chi connectivity index (χ0) is 14.4. The summed E-state index contributed by atoms with van der Waals surface area (Å²) in [5, 5.41) is 11.9. The van der Waals surface area contributed by atoms with Crippen molar-refractivity contribution in [3.8, 4) is 5.75 Å². The summed E-state index contributed by atoms with van der Waals surface area (Å²) >= 11 is 3.36. The van der Waals surface area contributed by atoms with Gasteiger partial charge in [-0.3, -0.25) is 4.79 Å². The Bertz CT molecular complexity index is 435. The minimum Gasteiger partial charge on any atom is -0.496 e. The van der Waals surface area contributed by atoms with E-state index in [9.17, 15) is 4.79 Å². The molecule has 1 amide bonds. The Balaban J connectivity index is 2.79. The maximum absolute atomic E-state index is 12.1. The van der Waals surface area contributed by atoms with Crippen molar-refractivity contribution in [2.75, 3.05) is 13.7 Å². The summed E-state index contributed by atoms with van der Waals surface area (Å²) in [6.07, 6.45) is 0.556. The molecule has 1 rings (SSSR count). The third-order valence-electron chi connectivity index (χ3n) is 2.98. The standard InChI is InChI=1S/C14H20BrNO3/c1-9(2)12(6-7-17)16-14(18)10-4-5-13(19-3)11(15)8-10/h4-5,8-9,12,17H,6-7H2,1-3H3,(H,16,18). The molecule has 19 heavy (non-hydrogen) atoms. The molecule has 0 heterocycles. The van der Waals surface area contributed by atoms with E-state index in [-0.39, 0.29) is 24.5 Å². The number of carbonyl (C=O) groups is 1. The Kier molecular flexibility index (Phi) is 6.31. The number of rotatable bonds is 6. The normalized spacial score (nSPS) is 12.3. The Morgan fingerprint density at radius 3 is 2.63 bits per heavy atom. The third-order valence-corrected chi connectivity index (χ3v) is 3.60. The highest BCUT2D eigenvalue weighted by Gasteiger charge is 2.17. The molecule has 106 valence electrons. The third kappa shape index (κ3) is 4.51. The van der Waals surface area contributed by atoms with Gasteiger partial charge in [-0.2, -0.15) is 0 Å². The Morgan fingerprint density at radius 2 is 2.16 bits per heavy atom. The first-order valence-corrected chi connectivity index (χ1v) is 7.04. The predicted octanol–water partition coefficient (Wildman–Crippen LogP) is 2.59. The van der Waals surface area contributed by atoms with Crippen molar-refractivity contribution in [2.24, 2.45) is 5.92 Å². The van der Waals surface area contributed by atoms with Crippen LogP contribution in [-0.2, 0) is 0 Å². The van der Waals surface area contributed by atoms with E-state index in [1.165, 1.54) is 0 Å². The van der Waals surface area contributed by atoms with E-state index in [0.29, 0.717) is 17.7 Å². The Morgan fingerprint density at radius 1 is 1.47 bits per heavy atom. The van der Waals surface area contributed by atoms with Gasteiger partial charge in [0.2, 0.25) is 0 Å². The molecule has 0 saturated carbocycles. The highest BCUT2D eigenvalue weighted by molar-refractivity contribution is 9.10. The first-order chi connectivity index (χ1) is 8.99. The summed E-state index contributed by atoms with van der Waals surface area (Å²) in [6, 6.07) is 5.16. The molecule has 0 radical (unpaired) electrons. The number of benzene rings is 1. The SMILES string of the molecule is COc1ccc(C(=O)NC(CCO)C(C)C)cc1Br. The quantitative estimate of drug-likeness (QED) is 0.843. The lowest BCUT2D eigenvalue weighted by Crippen LogP contribution is -2.39. The van der Waals surface area contributed by atoms with Crippen LogP contribution in [-0.4, -0.2) is 30.8 Å². The summed E-state index contributed by atoms with van der Waals surface area (Å²) in [4.78, 5) is 12.1. The van der Waals surface area contributed by atoms with Crippen LogP contribution < -0.4 is 10.1 Å². The fourth-order valence-electron chi connectivity index (χ4n) is 1.77. The van der Waals surface area contributed by atoms with E-state index in [1.54, 1.807) is 25.3 Å². The number of halogens is 1. The zero-order valence-corrected chi connectivity index (χ0v) is 13.0. The van der Waals surface area contributed by atoms with Crippen molar-refractivity contribution in [3.63, 3.8) is 0 Å². The van der Waals surface area contributed by atoms with Gasteiger partial charge in [0.25, 0.3) is 5.91 Å². The highest BCUT2D eigenvalue weighted by Crippen LogP contribution is 2.25. The van der Waals surface area contributed by atoms with Gasteiger partial charge in [0, 0.05) is 18.2 Å². The molecule has 5 heteroatoms. The van der Waals surface area contributed by atoms with Crippen molar-refractivity contribution in [2.45, 2.75) is 26.3 Å². The summed E-state index contributed by atoms with van der Waals surface area (Å²) in [7, 11) is 1.58. The molecule has 0 saturated heterocycles. The minimum absolute atomic E-state index is 0.0293. The molecule has 4 nitrogen and oxygen atoms in total. The topological polar surface area (TPSA) is 58.6 Å². The van der Waals surface area contributed by atoms with Crippen molar-refractivity contribution in [1.29, 1.82) is 0 Å². The summed E-state index contributed by atoms with van der Waals surface area (Å²) in [5.74, 6) is 0.820. The van der Waals surface area contributed by atoms with Crippen LogP contribution in [0.25, 0.3) is 0 Å². The summed E-state index contributed by atoms with van der Waals surface area (Å²) < 4.78 is 5.87. The molecule has 0 spiro atoms. The molecule has 0 aliphatic rings. The van der Waals surface area contributed by atoms with Gasteiger partial charge in [-0.05, 0) is 46.5 Å². The van der Waals surface area contributed by atoms with E-state index >= 15 is 0 Å². The second-order valence-corrected chi connectivity index (χ2v) is 5.54. The molecule has 1 aromatic rings. The average Bonchev–Trinajstić information content (AvgIpc) is 2.37. The fraction of sp³-hybridized carbons (Fsp3) is 0.500. The average molecular weight is 330 g/mol. The Labute approximate surface area is 122 Å². The second-order valence-electron chi connectivity index (χ2n) is 4.69. The molecule has 0 aliphatic carbocycles. The lowest BCUT2D eigenvalue weighted by Gasteiger charge is -2.21. The largest absolute Gasteiger partial charge is 0.496 e. The van der Waals surface area contributed by atoms with Gasteiger partial charge in [-0.1, -0.05) is 13.8 Å². The van der Waals surface area contributed by atoms with Crippen molar-refractivity contribution < 1.29 is 14.6 Å². The molecule has 0 aliphatic heterocycles. The molecule has 0 bridgehead atoms. The molecule has 2 N–H and O–H groups in total. The van der Waals surface area contributed by atoms with Gasteiger partial charge in [0.15, 0.2) is 0 Å². The lowest BCUT2D eigenvalue weighted by molar-refractivity contribution is 0.0916. The van der Waals surface area contributed by atoms with Gasteiger partial charge < -0.3 is 15.2 Å². The maximum Gasteiger partial charge on any atom is 0.251 e. The van der Waals surface area contributed by atoms with Crippen LogP contribution in [0.3, 0.4) is 0 Å². The number of hydrogen-bond donors (Lipinski definition) is 2. The zero-order valence-electron chi connectivity index (χ0n) is 11.4. The lowest BCUT2D eigenvalue weighted by atomic mass is 10.0. The van der Waals surface area contributed by atoms with Gasteiger partial charge in [0.1, 0.15) is 5.75 Å². The monoisotopic (exact) mass is 329 g/mol. The van der Waals surface area contributed by atoms with Gasteiger partial charge in [-0.25, -0.2) is 0 Å². The van der Waals surface area contributed by atoms with Crippen LogP contribution in [0.5, 0.6) is 5.75 Å². The van der Waals surface area contributed by atoms with Gasteiger partial charge in [-0.15, -0.1) is 0 Å². The molecule has 0 fully saturated rings. The van der Waals surface area contributed by atoms with Crippen LogP contribution in [0.1, 0.15) is 30.6 Å². The first-order valence-electron chi connectivity index (χ1n) is 6.24. The number of nitrogens with one attached hydrogen (secondary N) is 1. The van der Waals surface area contributed by atoms with Crippen LogP contribution in [0.2, 0.25) is 0 Å². The number of carbonyl (C=O) groups excluding carboxylic acids is 1. The number of aliphatic hydroxyl groups is 1. The molecular formula is C14H20BrNO3. The van der Waals surface area contributed by atoms with E-state index in [2.05, 4.69) is 21.2 Å². The highest BCUT2D eigenvalue weighted by atomic mass is 79.9. The number of hydrogen-bond acceptors (Lipinski definition) is 3. The second kappa shape index (κ2) is 7.50. The minimum atomic E-state index is -0.143. The van der Waals surface area contributed by atoms with Crippen molar-refractivity contribution in [3.05, 3.63) is 28.2 Å². The first kappa shape index (κ1) is 16.0. The number of amides is 1. The van der Waals surface area contributed by atoms with Gasteiger partial charge in [0.05, 0.1) is 11.6 Å². The van der Waals surface area contributed by atoms with Crippen molar-refractivity contribution in [1.82, 2.24) is 5.32 Å². The maximum atomic E-state index is 12.1. The van der Waals surface area contributed by atoms with Gasteiger partial charge >= 0.3 is 0 Å². The Hall–Kier alpha value is -1.07. The van der Waals surface area contributed by atoms with Crippen LogP contribution in [0, 0.1) is 5.92 Å². The molecule has 1 unspecified atom stereocenters. The van der Waals surface area contributed by atoms with Crippen LogP contribution in [0.15, 0.2) is 22.7 Å². The number of ether oxygens (including phenoxy) is 1. The van der Waals surface area contributed by atoms with Crippen LogP contribution in [0.4, 0.5) is 0 Å².